The van der Waals surface area contributed by atoms with E-state index in [-0.39, 0.29) is 6.03 Å². The summed E-state index contributed by atoms with van der Waals surface area (Å²) in [6.45, 7) is 0. The molecule has 0 aromatic rings. The summed E-state index contributed by atoms with van der Waals surface area (Å²) < 4.78 is 0. The first-order chi connectivity index (χ1) is 3.89. The second-order valence-electron chi connectivity index (χ2n) is 1.34. The Kier molecular flexibility index (Phi) is 1.32. The highest BCUT2D eigenvalue weighted by Gasteiger charge is 1.91. The van der Waals surface area contributed by atoms with Crippen LogP contribution in [0, 0.1) is 0 Å². The number of amides is 2. The Hall–Kier alpha value is -1.25. The number of hydrogen-bond acceptors (Lipinski definition) is 1. The zero-order valence-electron chi connectivity index (χ0n) is 4.22. The van der Waals surface area contributed by atoms with Gasteiger partial charge in [0.1, 0.15) is 0 Å². The number of carbonyl (C=O) groups excluding carboxylic acids is 1. The van der Waals surface area contributed by atoms with Crippen molar-refractivity contribution < 1.29 is 4.79 Å². The molecule has 0 aromatic heterocycles. The van der Waals surface area contributed by atoms with E-state index in [1.54, 1.807) is 24.6 Å². The van der Waals surface area contributed by atoms with Crippen LogP contribution >= 0.6 is 0 Å². The van der Waals surface area contributed by atoms with Gasteiger partial charge in [-0.1, -0.05) is 0 Å². The molecule has 0 saturated heterocycles. The van der Waals surface area contributed by atoms with Crippen LogP contribution in [0.25, 0.3) is 0 Å². The zero-order valence-corrected chi connectivity index (χ0v) is 4.22. The van der Waals surface area contributed by atoms with Crippen LogP contribution in [0.15, 0.2) is 24.6 Å². The number of rotatable bonds is 0. The van der Waals surface area contributed by atoms with Crippen molar-refractivity contribution in [1.29, 1.82) is 0 Å². The van der Waals surface area contributed by atoms with Crippen molar-refractivity contribution in [3.8, 4) is 0 Å². The van der Waals surface area contributed by atoms with Crippen LogP contribution in [0.4, 0.5) is 4.79 Å². The highest BCUT2D eigenvalue weighted by molar-refractivity contribution is 5.76. The third-order valence-electron chi connectivity index (χ3n) is 0.732. The van der Waals surface area contributed by atoms with Gasteiger partial charge in [-0.3, -0.25) is 0 Å². The summed E-state index contributed by atoms with van der Waals surface area (Å²) in [5.74, 6) is 0. The Morgan fingerprint density at radius 1 is 1.12 bits per heavy atom. The van der Waals surface area contributed by atoms with Gasteiger partial charge in [0, 0.05) is 12.4 Å². The molecular weight excluding hydrogens is 104 g/mol. The van der Waals surface area contributed by atoms with Gasteiger partial charge >= 0.3 is 6.03 Å². The molecule has 0 radical (unpaired) electrons. The van der Waals surface area contributed by atoms with Crippen LogP contribution in [0.1, 0.15) is 0 Å². The van der Waals surface area contributed by atoms with Gasteiger partial charge in [-0.25, -0.2) is 4.79 Å². The Labute approximate surface area is 47.1 Å². The molecule has 3 nitrogen and oxygen atoms in total. The van der Waals surface area contributed by atoms with E-state index < -0.39 is 0 Å². The summed E-state index contributed by atoms with van der Waals surface area (Å²) in [7, 11) is 0. The van der Waals surface area contributed by atoms with Crippen LogP contribution in [-0.4, -0.2) is 6.03 Å². The monoisotopic (exact) mass is 110 g/mol. The second-order valence-corrected chi connectivity index (χ2v) is 1.34. The fourth-order valence-corrected chi connectivity index (χ4v) is 0.400. The lowest BCUT2D eigenvalue weighted by Gasteiger charge is -1.92. The first-order valence-electron chi connectivity index (χ1n) is 2.28. The Bertz CT molecular complexity index is 133. The maximum absolute atomic E-state index is 10.4. The van der Waals surface area contributed by atoms with Crippen molar-refractivity contribution in [2.45, 2.75) is 0 Å². The van der Waals surface area contributed by atoms with E-state index in [0.29, 0.717) is 0 Å². The summed E-state index contributed by atoms with van der Waals surface area (Å²) in [6, 6.07) is -0.199. The average Bonchev–Trinajstić information content (AvgIpc) is 1.94. The van der Waals surface area contributed by atoms with Crippen molar-refractivity contribution in [3.63, 3.8) is 0 Å². The van der Waals surface area contributed by atoms with Crippen LogP contribution in [0.2, 0.25) is 0 Å². The topological polar surface area (TPSA) is 41.1 Å². The van der Waals surface area contributed by atoms with E-state index in [1.807, 2.05) is 0 Å². The summed E-state index contributed by atoms with van der Waals surface area (Å²) in [5.41, 5.74) is 0. The molecule has 0 aromatic carbocycles. The molecule has 0 unspecified atom stereocenters. The van der Waals surface area contributed by atoms with Gasteiger partial charge in [0.15, 0.2) is 0 Å². The molecule has 0 aliphatic carbocycles. The van der Waals surface area contributed by atoms with Gasteiger partial charge < -0.3 is 10.6 Å². The van der Waals surface area contributed by atoms with Crippen LogP contribution in [-0.2, 0) is 0 Å². The summed E-state index contributed by atoms with van der Waals surface area (Å²) in [4.78, 5) is 10.4. The molecule has 0 spiro atoms. The maximum atomic E-state index is 10.4. The van der Waals surface area contributed by atoms with Crippen LogP contribution < -0.4 is 10.6 Å². The number of hydrogen-bond donors (Lipinski definition) is 2. The fraction of sp³-hybridized carbons (Fsp3) is 0. The van der Waals surface area contributed by atoms with E-state index in [9.17, 15) is 4.79 Å². The standard InChI is InChI=1S/C5H6N2O/c8-5-6-3-1-2-4-7-5/h1-4H,(H2,6,7,8). The van der Waals surface area contributed by atoms with Gasteiger partial charge in [0.05, 0.1) is 0 Å². The summed E-state index contributed by atoms with van der Waals surface area (Å²) in [5, 5.41) is 4.90. The average molecular weight is 110 g/mol. The zero-order chi connectivity index (χ0) is 5.82. The van der Waals surface area contributed by atoms with Gasteiger partial charge in [0.2, 0.25) is 0 Å². The minimum Gasteiger partial charge on any atom is -0.314 e. The van der Waals surface area contributed by atoms with Crippen LogP contribution in [0.3, 0.4) is 0 Å². The minimum atomic E-state index is -0.199. The van der Waals surface area contributed by atoms with Gasteiger partial charge in [-0.05, 0) is 12.2 Å². The number of carbonyl (C=O) groups is 1. The molecule has 0 atom stereocenters. The van der Waals surface area contributed by atoms with Gasteiger partial charge in [-0.2, -0.15) is 0 Å². The van der Waals surface area contributed by atoms with Crippen molar-refractivity contribution in [3.05, 3.63) is 24.6 Å². The molecule has 8 heavy (non-hydrogen) atoms. The van der Waals surface area contributed by atoms with Crippen molar-refractivity contribution in [1.82, 2.24) is 10.6 Å². The first-order valence-corrected chi connectivity index (χ1v) is 2.28. The van der Waals surface area contributed by atoms with E-state index in [1.165, 1.54) is 0 Å². The molecule has 1 heterocycles. The fourth-order valence-electron chi connectivity index (χ4n) is 0.400. The molecule has 3 heteroatoms. The Morgan fingerprint density at radius 3 is 2.12 bits per heavy atom. The lowest BCUT2D eigenvalue weighted by atomic mass is 10.6. The minimum absolute atomic E-state index is 0.199. The number of urea groups is 1. The molecule has 0 fully saturated rings. The predicted octanol–water partition coefficient (Wildman–Crippen LogP) is 0.327. The molecule has 0 saturated carbocycles. The molecule has 1 rings (SSSR count). The highest BCUT2D eigenvalue weighted by Crippen LogP contribution is 1.77. The van der Waals surface area contributed by atoms with Crippen LogP contribution in [0.5, 0.6) is 0 Å². The molecular formula is C5H6N2O. The maximum Gasteiger partial charge on any atom is 0.322 e. The smallest absolute Gasteiger partial charge is 0.314 e. The van der Waals surface area contributed by atoms with Gasteiger partial charge in [0.25, 0.3) is 0 Å². The predicted molar refractivity (Wildman–Crippen MR) is 29.9 cm³/mol. The SMILES string of the molecule is O=C1NC=CC=CN1. The largest absolute Gasteiger partial charge is 0.322 e. The molecule has 42 valence electrons. The van der Waals surface area contributed by atoms with E-state index in [0.717, 1.165) is 0 Å². The van der Waals surface area contributed by atoms with E-state index in [4.69, 9.17) is 0 Å². The van der Waals surface area contributed by atoms with E-state index in [2.05, 4.69) is 10.6 Å². The molecule has 0 bridgehead atoms. The number of nitrogens with one attached hydrogen (secondary N) is 2. The molecule has 1 aliphatic rings. The van der Waals surface area contributed by atoms with Gasteiger partial charge in [-0.15, -0.1) is 0 Å². The summed E-state index contributed by atoms with van der Waals surface area (Å²) in [6.07, 6.45) is 6.60. The normalized spacial score (nSPS) is 16.8. The highest BCUT2D eigenvalue weighted by atomic mass is 16.2. The lowest BCUT2D eigenvalue weighted by molar-refractivity contribution is 0.247. The molecule has 2 amide bonds. The Morgan fingerprint density at radius 2 is 1.62 bits per heavy atom. The Balaban J connectivity index is 2.58. The summed E-state index contributed by atoms with van der Waals surface area (Å²) >= 11 is 0. The molecule has 1 aliphatic heterocycles. The quantitative estimate of drug-likeness (QED) is 0.463. The third-order valence-corrected chi connectivity index (χ3v) is 0.732. The van der Waals surface area contributed by atoms with Crippen molar-refractivity contribution >= 4 is 6.03 Å². The number of allylic oxidation sites excluding steroid dienone is 2. The first kappa shape index (κ1) is 4.90. The second kappa shape index (κ2) is 2.16. The van der Waals surface area contributed by atoms with Crippen molar-refractivity contribution in [2.75, 3.05) is 0 Å². The third kappa shape index (κ3) is 1.11. The molecule has 2 N–H and O–H groups in total. The van der Waals surface area contributed by atoms with E-state index >= 15 is 0 Å². The van der Waals surface area contributed by atoms with Crippen molar-refractivity contribution in [2.24, 2.45) is 0 Å². The lowest BCUT2D eigenvalue weighted by Crippen LogP contribution is -2.26.